The van der Waals surface area contributed by atoms with Crippen LogP contribution in [0.4, 0.5) is 0 Å². The Morgan fingerprint density at radius 2 is 1.83 bits per heavy atom. The molecule has 2 amide bonds. The normalized spacial score (nSPS) is 16.0. The quantitative estimate of drug-likeness (QED) is 0.776. The number of ether oxygens (including phenoxy) is 3. The Labute approximate surface area is 169 Å². The first-order valence-corrected chi connectivity index (χ1v) is 9.61. The Morgan fingerprint density at radius 1 is 1.07 bits per heavy atom. The van der Waals surface area contributed by atoms with Gasteiger partial charge in [-0.15, -0.1) is 0 Å². The number of methoxy groups -OCH3 is 2. The average molecular weight is 396 g/mol. The topological polar surface area (TPSA) is 68.3 Å². The molecular weight excluding hydrogens is 372 g/mol. The lowest BCUT2D eigenvalue weighted by Gasteiger charge is -2.27. The molecule has 152 valence electrons. The largest absolute Gasteiger partial charge is 0.493 e. The van der Waals surface area contributed by atoms with Crippen LogP contribution in [-0.2, 0) is 17.8 Å². The van der Waals surface area contributed by atoms with Crippen molar-refractivity contribution in [2.24, 2.45) is 0 Å². The molecule has 0 aromatic heterocycles. The monoisotopic (exact) mass is 396 g/mol. The van der Waals surface area contributed by atoms with Crippen LogP contribution in [0.1, 0.15) is 31.8 Å². The zero-order valence-electron chi connectivity index (χ0n) is 16.6. The lowest BCUT2D eigenvalue weighted by molar-refractivity contribution is 0.0301. The maximum Gasteiger partial charge on any atom is 0.255 e. The van der Waals surface area contributed by atoms with Crippen molar-refractivity contribution < 1.29 is 23.8 Å². The van der Waals surface area contributed by atoms with Gasteiger partial charge < -0.3 is 24.0 Å². The summed E-state index contributed by atoms with van der Waals surface area (Å²) in [4.78, 5) is 29.7. The molecule has 2 aliphatic heterocycles. The van der Waals surface area contributed by atoms with Crippen LogP contribution in [0.15, 0.2) is 36.4 Å². The van der Waals surface area contributed by atoms with Crippen LogP contribution in [0.25, 0.3) is 0 Å². The van der Waals surface area contributed by atoms with Crippen molar-refractivity contribution in [2.75, 3.05) is 40.5 Å². The first-order valence-electron chi connectivity index (χ1n) is 9.61. The van der Waals surface area contributed by atoms with Gasteiger partial charge in [-0.25, -0.2) is 0 Å². The molecule has 1 saturated heterocycles. The molecule has 0 N–H and O–H groups in total. The zero-order valence-corrected chi connectivity index (χ0v) is 16.6. The molecule has 2 aliphatic rings. The van der Waals surface area contributed by atoms with Gasteiger partial charge in [0.25, 0.3) is 11.8 Å². The lowest BCUT2D eigenvalue weighted by atomic mass is 10.0. The van der Waals surface area contributed by atoms with E-state index in [1.165, 1.54) is 0 Å². The number of hydrogen-bond donors (Lipinski definition) is 0. The van der Waals surface area contributed by atoms with E-state index in [1.54, 1.807) is 30.1 Å². The standard InChI is InChI=1S/C22H24N2O5/c1-27-18-7-6-15(12-19(18)28-2)13-24-14-16-4-3-5-17(20(16)22(24)26)21(25)23-8-10-29-11-9-23/h3-7,12H,8-11,13-14H2,1-2H3. The molecule has 0 bridgehead atoms. The Kier molecular flexibility index (Phi) is 5.40. The molecule has 7 nitrogen and oxygen atoms in total. The first-order chi connectivity index (χ1) is 14.1. The summed E-state index contributed by atoms with van der Waals surface area (Å²) in [6.07, 6.45) is 0. The number of morpholine rings is 1. The van der Waals surface area contributed by atoms with Crippen molar-refractivity contribution in [1.29, 1.82) is 0 Å². The average Bonchev–Trinajstić information content (AvgIpc) is 3.09. The fourth-order valence-electron chi connectivity index (χ4n) is 3.86. The van der Waals surface area contributed by atoms with Crippen molar-refractivity contribution in [2.45, 2.75) is 13.1 Å². The molecule has 0 atom stereocenters. The van der Waals surface area contributed by atoms with Crippen LogP contribution >= 0.6 is 0 Å². The number of fused-ring (bicyclic) bond motifs is 1. The SMILES string of the molecule is COc1ccc(CN2Cc3cccc(C(=O)N4CCOCC4)c3C2=O)cc1OC. The Hall–Kier alpha value is -3.06. The molecular formula is C22H24N2O5. The second kappa shape index (κ2) is 8.13. The minimum absolute atomic E-state index is 0.105. The summed E-state index contributed by atoms with van der Waals surface area (Å²) in [6.45, 7) is 3.06. The Morgan fingerprint density at radius 3 is 2.55 bits per heavy atom. The highest BCUT2D eigenvalue weighted by Gasteiger charge is 2.33. The van der Waals surface area contributed by atoms with Crippen LogP contribution in [-0.4, -0.2) is 62.1 Å². The van der Waals surface area contributed by atoms with Crippen molar-refractivity contribution in [3.63, 3.8) is 0 Å². The summed E-state index contributed by atoms with van der Waals surface area (Å²) in [7, 11) is 3.17. The van der Waals surface area contributed by atoms with Gasteiger partial charge in [0.1, 0.15) is 0 Å². The molecule has 29 heavy (non-hydrogen) atoms. The number of benzene rings is 2. The van der Waals surface area contributed by atoms with Crippen molar-refractivity contribution >= 4 is 11.8 Å². The Bertz CT molecular complexity index is 937. The van der Waals surface area contributed by atoms with Gasteiger partial charge >= 0.3 is 0 Å². The number of amides is 2. The van der Waals surface area contributed by atoms with E-state index in [4.69, 9.17) is 14.2 Å². The third-order valence-electron chi connectivity index (χ3n) is 5.36. The van der Waals surface area contributed by atoms with E-state index in [9.17, 15) is 9.59 Å². The van der Waals surface area contributed by atoms with Crippen molar-refractivity contribution in [1.82, 2.24) is 9.80 Å². The Balaban J connectivity index is 1.57. The third-order valence-corrected chi connectivity index (χ3v) is 5.36. The molecule has 0 radical (unpaired) electrons. The second-order valence-electron chi connectivity index (χ2n) is 7.09. The van der Waals surface area contributed by atoms with E-state index in [2.05, 4.69) is 0 Å². The summed E-state index contributed by atoms with van der Waals surface area (Å²) < 4.78 is 16.0. The highest BCUT2D eigenvalue weighted by molar-refractivity contribution is 6.09. The van der Waals surface area contributed by atoms with Crippen LogP contribution < -0.4 is 9.47 Å². The molecule has 2 aromatic carbocycles. The molecule has 2 heterocycles. The minimum atomic E-state index is -0.119. The molecule has 7 heteroatoms. The van der Waals surface area contributed by atoms with Gasteiger partial charge in [-0.3, -0.25) is 9.59 Å². The van der Waals surface area contributed by atoms with Gasteiger partial charge in [0.15, 0.2) is 11.5 Å². The van der Waals surface area contributed by atoms with E-state index < -0.39 is 0 Å². The maximum atomic E-state index is 13.2. The van der Waals surface area contributed by atoms with E-state index in [-0.39, 0.29) is 11.8 Å². The summed E-state index contributed by atoms with van der Waals surface area (Å²) in [5, 5.41) is 0. The van der Waals surface area contributed by atoms with E-state index >= 15 is 0 Å². The number of rotatable bonds is 5. The number of carbonyl (C=O) groups is 2. The fourth-order valence-corrected chi connectivity index (χ4v) is 3.86. The third kappa shape index (κ3) is 3.65. The van der Waals surface area contributed by atoms with Gasteiger partial charge in [-0.05, 0) is 29.3 Å². The first kappa shape index (κ1) is 19.3. The van der Waals surface area contributed by atoms with Gasteiger partial charge in [0, 0.05) is 26.2 Å². The predicted octanol–water partition coefficient (Wildman–Crippen LogP) is 2.33. The van der Waals surface area contributed by atoms with Crippen molar-refractivity contribution in [3.8, 4) is 11.5 Å². The zero-order chi connectivity index (χ0) is 20.4. The van der Waals surface area contributed by atoms with E-state index in [1.807, 2.05) is 30.3 Å². The van der Waals surface area contributed by atoms with Crippen LogP contribution in [0.3, 0.4) is 0 Å². The molecule has 0 saturated carbocycles. The second-order valence-corrected chi connectivity index (χ2v) is 7.09. The molecule has 0 spiro atoms. The highest BCUT2D eigenvalue weighted by atomic mass is 16.5. The molecule has 2 aromatic rings. The number of hydrogen-bond acceptors (Lipinski definition) is 5. The van der Waals surface area contributed by atoms with Crippen LogP contribution in [0.5, 0.6) is 11.5 Å². The summed E-state index contributed by atoms with van der Waals surface area (Å²) >= 11 is 0. The van der Waals surface area contributed by atoms with E-state index in [0.717, 1.165) is 11.1 Å². The van der Waals surface area contributed by atoms with E-state index in [0.29, 0.717) is 62.0 Å². The minimum Gasteiger partial charge on any atom is -0.493 e. The van der Waals surface area contributed by atoms with Gasteiger partial charge in [-0.1, -0.05) is 18.2 Å². The number of carbonyl (C=O) groups excluding carboxylic acids is 2. The lowest BCUT2D eigenvalue weighted by Crippen LogP contribution is -2.41. The maximum absolute atomic E-state index is 13.2. The van der Waals surface area contributed by atoms with Gasteiger partial charge in [-0.2, -0.15) is 0 Å². The molecule has 0 aliphatic carbocycles. The fraction of sp³-hybridized carbons (Fsp3) is 0.364. The van der Waals surface area contributed by atoms with Crippen LogP contribution in [0, 0.1) is 0 Å². The van der Waals surface area contributed by atoms with Crippen molar-refractivity contribution in [3.05, 3.63) is 58.7 Å². The van der Waals surface area contributed by atoms with Gasteiger partial charge in [0.05, 0.1) is 38.6 Å². The highest BCUT2D eigenvalue weighted by Crippen LogP contribution is 2.31. The molecule has 1 fully saturated rings. The smallest absolute Gasteiger partial charge is 0.255 e. The summed E-state index contributed by atoms with van der Waals surface area (Å²) in [5.74, 6) is 1.04. The predicted molar refractivity (Wildman–Crippen MR) is 106 cm³/mol. The number of nitrogens with zero attached hydrogens (tertiary/aromatic N) is 2. The summed E-state index contributed by atoms with van der Waals surface area (Å²) in [6, 6.07) is 11.1. The summed E-state index contributed by atoms with van der Waals surface area (Å²) in [5.41, 5.74) is 2.81. The van der Waals surface area contributed by atoms with Crippen LogP contribution in [0.2, 0.25) is 0 Å². The van der Waals surface area contributed by atoms with Gasteiger partial charge in [0.2, 0.25) is 0 Å². The molecule has 4 rings (SSSR count). The molecule has 0 unspecified atom stereocenters.